The lowest BCUT2D eigenvalue weighted by molar-refractivity contribution is 0.102. The van der Waals surface area contributed by atoms with Crippen LogP contribution in [0.4, 0.5) is 15.9 Å². The maximum Gasteiger partial charge on any atom is 0.255 e. The minimum Gasteiger partial charge on any atom is -0.370 e. The number of aromatic nitrogens is 1. The Hall–Kier alpha value is -2.92. The molecule has 2 aromatic carbocycles. The fourth-order valence-corrected chi connectivity index (χ4v) is 2.63. The van der Waals surface area contributed by atoms with Gasteiger partial charge in [0, 0.05) is 18.3 Å². The normalized spacial score (nSPS) is 10.4. The van der Waals surface area contributed by atoms with Crippen molar-refractivity contribution < 1.29 is 9.18 Å². The van der Waals surface area contributed by atoms with E-state index in [-0.39, 0.29) is 11.7 Å². The number of carbonyl (C=O) groups excluding carboxylic acids is 1. The van der Waals surface area contributed by atoms with Crippen LogP contribution in [-0.2, 0) is 6.42 Å². The van der Waals surface area contributed by atoms with Gasteiger partial charge in [0.2, 0.25) is 0 Å². The van der Waals surface area contributed by atoms with Gasteiger partial charge in [-0.3, -0.25) is 4.79 Å². The van der Waals surface area contributed by atoms with E-state index in [1.165, 1.54) is 6.07 Å². The second-order valence-electron chi connectivity index (χ2n) is 5.63. The van der Waals surface area contributed by atoms with Crippen molar-refractivity contribution in [1.82, 2.24) is 4.98 Å². The Morgan fingerprint density at radius 1 is 1.08 bits per heavy atom. The molecular formula is C20H17ClFN3O. The Morgan fingerprint density at radius 3 is 2.65 bits per heavy atom. The molecular weight excluding hydrogens is 353 g/mol. The number of hydrogen-bond donors (Lipinski definition) is 2. The molecule has 0 spiro atoms. The van der Waals surface area contributed by atoms with Crippen LogP contribution in [0.3, 0.4) is 0 Å². The van der Waals surface area contributed by atoms with Gasteiger partial charge < -0.3 is 10.6 Å². The van der Waals surface area contributed by atoms with Crippen LogP contribution in [0.1, 0.15) is 15.9 Å². The lowest BCUT2D eigenvalue weighted by Gasteiger charge is -2.09. The molecule has 1 heterocycles. The van der Waals surface area contributed by atoms with E-state index in [0.717, 1.165) is 0 Å². The van der Waals surface area contributed by atoms with Gasteiger partial charge in [0.1, 0.15) is 11.6 Å². The fourth-order valence-electron chi connectivity index (χ4n) is 2.45. The molecule has 3 aromatic rings. The summed E-state index contributed by atoms with van der Waals surface area (Å²) in [4.78, 5) is 16.6. The first-order valence-corrected chi connectivity index (χ1v) is 8.50. The van der Waals surface area contributed by atoms with Crippen LogP contribution in [0.25, 0.3) is 0 Å². The molecule has 0 bridgehead atoms. The summed E-state index contributed by atoms with van der Waals surface area (Å²) in [5.41, 5.74) is 1.63. The van der Waals surface area contributed by atoms with Crippen molar-refractivity contribution in [2.45, 2.75) is 6.42 Å². The van der Waals surface area contributed by atoms with E-state index in [9.17, 15) is 9.18 Å². The largest absolute Gasteiger partial charge is 0.370 e. The standard InChI is InChI=1S/C20H17ClFN3O/c21-16-6-2-4-8-18(16)25-20(26)15-10-12-24-19(13-15)23-11-9-14-5-1-3-7-17(14)22/h1-8,10,12-13H,9,11H2,(H,23,24)(H,25,26). The van der Waals surface area contributed by atoms with Gasteiger partial charge in [0.15, 0.2) is 0 Å². The van der Waals surface area contributed by atoms with E-state index in [1.807, 2.05) is 0 Å². The molecule has 2 N–H and O–H groups in total. The highest BCUT2D eigenvalue weighted by Crippen LogP contribution is 2.21. The zero-order chi connectivity index (χ0) is 18.4. The molecule has 0 atom stereocenters. The van der Waals surface area contributed by atoms with E-state index >= 15 is 0 Å². The molecule has 0 aliphatic heterocycles. The summed E-state index contributed by atoms with van der Waals surface area (Å²) < 4.78 is 13.6. The summed E-state index contributed by atoms with van der Waals surface area (Å²) in [6.07, 6.45) is 2.07. The molecule has 132 valence electrons. The minimum atomic E-state index is -0.280. The molecule has 0 saturated carbocycles. The van der Waals surface area contributed by atoms with Crippen LogP contribution >= 0.6 is 11.6 Å². The number of nitrogens with one attached hydrogen (secondary N) is 2. The van der Waals surface area contributed by atoms with Crippen molar-refractivity contribution >= 4 is 29.0 Å². The van der Waals surface area contributed by atoms with Gasteiger partial charge in [-0.25, -0.2) is 9.37 Å². The highest BCUT2D eigenvalue weighted by molar-refractivity contribution is 6.33. The van der Waals surface area contributed by atoms with Crippen molar-refractivity contribution in [1.29, 1.82) is 0 Å². The molecule has 0 aliphatic carbocycles. The lowest BCUT2D eigenvalue weighted by atomic mass is 10.1. The molecule has 0 fully saturated rings. The van der Waals surface area contributed by atoms with Crippen molar-refractivity contribution in [2.75, 3.05) is 17.2 Å². The number of benzene rings is 2. The van der Waals surface area contributed by atoms with Gasteiger partial charge in [-0.2, -0.15) is 0 Å². The molecule has 0 aliphatic rings. The molecule has 26 heavy (non-hydrogen) atoms. The molecule has 4 nitrogen and oxygen atoms in total. The van der Waals surface area contributed by atoms with Gasteiger partial charge >= 0.3 is 0 Å². The van der Waals surface area contributed by atoms with Crippen LogP contribution in [0, 0.1) is 5.82 Å². The summed E-state index contributed by atoms with van der Waals surface area (Å²) in [5, 5.41) is 6.34. The number of anilines is 2. The third-order valence-corrected chi connectivity index (χ3v) is 4.13. The highest BCUT2D eigenvalue weighted by atomic mass is 35.5. The van der Waals surface area contributed by atoms with E-state index in [0.29, 0.717) is 40.6 Å². The van der Waals surface area contributed by atoms with E-state index in [2.05, 4.69) is 15.6 Å². The maximum absolute atomic E-state index is 13.6. The Morgan fingerprint density at radius 2 is 1.85 bits per heavy atom. The first-order chi connectivity index (χ1) is 12.6. The van der Waals surface area contributed by atoms with Gasteiger partial charge in [-0.15, -0.1) is 0 Å². The summed E-state index contributed by atoms with van der Waals surface area (Å²) >= 11 is 6.06. The van der Waals surface area contributed by atoms with Gasteiger partial charge in [-0.05, 0) is 42.3 Å². The second-order valence-corrected chi connectivity index (χ2v) is 6.04. The number of rotatable bonds is 6. The highest BCUT2D eigenvalue weighted by Gasteiger charge is 2.09. The number of halogens is 2. The predicted molar refractivity (Wildman–Crippen MR) is 102 cm³/mol. The summed E-state index contributed by atoms with van der Waals surface area (Å²) in [6, 6.07) is 16.9. The van der Waals surface area contributed by atoms with E-state index in [1.54, 1.807) is 60.8 Å². The van der Waals surface area contributed by atoms with Crippen molar-refractivity contribution in [3.63, 3.8) is 0 Å². The Kier molecular flexibility index (Phi) is 5.81. The number of carbonyl (C=O) groups is 1. The number of pyridine rings is 1. The quantitative estimate of drug-likeness (QED) is 0.657. The molecule has 0 unspecified atom stereocenters. The van der Waals surface area contributed by atoms with Crippen molar-refractivity contribution in [3.05, 3.63) is 88.8 Å². The van der Waals surface area contributed by atoms with Crippen LogP contribution in [-0.4, -0.2) is 17.4 Å². The summed E-state index contributed by atoms with van der Waals surface area (Å²) in [7, 11) is 0. The second kappa shape index (κ2) is 8.45. The molecule has 3 rings (SSSR count). The third-order valence-electron chi connectivity index (χ3n) is 3.80. The molecule has 6 heteroatoms. The number of hydrogen-bond acceptors (Lipinski definition) is 3. The van der Waals surface area contributed by atoms with Crippen LogP contribution in [0.5, 0.6) is 0 Å². The van der Waals surface area contributed by atoms with Crippen molar-refractivity contribution in [3.8, 4) is 0 Å². The SMILES string of the molecule is O=C(Nc1ccccc1Cl)c1ccnc(NCCc2ccccc2F)c1. The Bertz CT molecular complexity index is 917. The fraction of sp³-hybridized carbons (Fsp3) is 0.100. The number of amides is 1. The smallest absolute Gasteiger partial charge is 0.255 e. The van der Waals surface area contributed by atoms with Gasteiger partial charge in [-0.1, -0.05) is 41.9 Å². The third kappa shape index (κ3) is 4.58. The van der Waals surface area contributed by atoms with E-state index in [4.69, 9.17) is 11.6 Å². The van der Waals surface area contributed by atoms with Gasteiger partial charge in [0.05, 0.1) is 10.7 Å². The molecule has 1 aromatic heterocycles. The zero-order valence-electron chi connectivity index (χ0n) is 13.9. The maximum atomic E-state index is 13.6. The van der Waals surface area contributed by atoms with Crippen LogP contribution < -0.4 is 10.6 Å². The monoisotopic (exact) mass is 369 g/mol. The molecule has 1 amide bonds. The number of para-hydroxylation sites is 1. The summed E-state index contributed by atoms with van der Waals surface area (Å²) in [6.45, 7) is 0.503. The minimum absolute atomic E-state index is 0.227. The summed E-state index contributed by atoms with van der Waals surface area (Å²) in [5.74, 6) is 0.0425. The average molecular weight is 370 g/mol. The zero-order valence-corrected chi connectivity index (χ0v) is 14.6. The van der Waals surface area contributed by atoms with Crippen LogP contribution in [0.15, 0.2) is 66.9 Å². The Labute approximate surface area is 156 Å². The van der Waals surface area contributed by atoms with Gasteiger partial charge in [0.25, 0.3) is 5.91 Å². The predicted octanol–water partition coefficient (Wildman–Crippen LogP) is 4.78. The van der Waals surface area contributed by atoms with E-state index < -0.39 is 0 Å². The lowest BCUT2D eigenvalue weighted by Crippen LogP contribution is -2.13. The van der Waals surface area contributed by atoms with Crippen LogP contribution in [0.2, 0.25) is 5.02 Å². The van der Waals surface area contributed by atoms with Crippen molar-refractivity contribution in [2.24, 2.45) is 0 Å². The topological polar surface area (TPSA) is 54.0 Å². The first-order valence-electron chi connectivity index (χ1n) is 8.13. The molecule has 0 saturated heterocycles. The Balaban J connectivity index is 1.62. The first kappa shape index (κ1) is 17.9. The average Bonchev–Trinajstić information content (AvgIpc) is 2.65. The number of nitrogens with zero attached hydrogens (tertiary/aromatic N) is 1. The molecule has 0 radical (unpaired) electrons.